The quantitative estimate of drug-likeness (QED) is 0.908. The van der Waals surface area contributed by atoms with Crippen molar-refractivity contribution in [2.45, 2.75) is 13.0 Å². The van der Waals surface area contributed by atoms with Gasteiger partial charge in [0.05, 0.1) is 6.10 Å². The molecule has 18 heavy (non-hydrogen) atoms. The molecule has 1 N–H and O–H groups in total. The average Bonchev–Trinajstić information content (AvgIpc) is 2.34. The summed E-state index contributed by atoms with van der Waals surface area (Å²) in [6.45, 7) is 1.57. The molecule has 0 spiro atoms. The maximum Gasteiger partial charge on any atom is 0.133 e. The number of aliphatic hydroxyl groups excluding tert-OH is 1. The van der Waals surface area contributed by atoms with Crippen molar-refractivity contribution in [2.24, 2.45) is 0 Å². The Morgan fingerprint density at radius 2 is 1.83 bits per heavy atom. The Kier molecular flexibility index (Phi) is 3.99. The summed E-state index contributed by atoms with van der Waals surface area (Å²) in [5.74, 6) is 0.689. The first-order valence-electron chi connectivity index (χ1n) is 5.47. The fourth-order valence-corrected chi connectivity index (χ4v) is 1.83. The molecule has 2 aromatic carbocycles. The van der Waals surface area contributed by atoms with Crippen molar-refractivity contribution in [3.05, 3.63) is 58.3 Å². The van der Waals surface area contributed by atoms with E-state index in [0.29, 0.717) is 17.1 Å². The zero-order chi connectivity index (χ0) is 13.1. The molecule has 2 nitrogen and oxygen atoms in total. The van der Waals surface area contributed by atoms with Crippen LogP contribution in [0.25, 0.3) is 0 Å². The second-order valence-corrected chi connectivity index (χ2v) is 4.83. The maximum atomic E-state index is 13.1. The van der Waals surface area contributed by atoms with Crippen LogP contribution in [0.4, 0.5) is 4.39 Å². The fraction of sp³-hybridized carbons (Fsp3) is 0.143. The Morgan fingerprint density at radius 3 is 2.44 bits per heavy atom. The highest BCUT2D eigenvalue weighted by molar-refractivity contribution is 9.10. The monoisotopic (exact) mass is 310 g/mol. The molecule has 0 unspecified atom stereocenters. The largest absolute Gasteiger partial charge is 0.457 e. The van der Waals surface area contributed by atoms with E-state index in [1.54, 1.807) is 19.1 Å². The molecule has 0 saturated heterocycles. The minimum atomic E-state index is -0.786. The molecule has 94 valence electrons. The lowest BCUT2D eigenvalue weighted by Crippen LogP contribution is -1.97. The van der Waals surface area contributed by atoms with E-state index in [4.69, 9.17) is 4.74 Å². The van der Waals surface area contributed by atoms with Gasteiger partial charge in [0.1, 0.15) is 17.3 Å². The molecule has 1 atom stereocenters. The summed E-state index contributed by atoms with van der Waals surface area (Å²) in [5.41, 5.74) is 0.429. The van der Waals surface area contributed by atoms with Crippen molar-refractivity contribution in [3.8, 4) is 11.5 Å². The lowest BCUT2D eigenvalue weighted by Gasteiger charge is -2.13. The van der Waals surface area contributed by atoms with Gasteiger partial charge >= 0.3 is 0 Å². The summed E-state index contributed by atoms with van der Waals surface area (Å²) in [7, 11) is 0. The first kappa shape index (κ1) is 13.1. The molecule has 0 amide bonds. The Hall–Kier alpha value is -1.39. The highest BCUT2D eigenvalue weighted by Gasteiger charge is 2.11. The van der Waals surface area contributed by atoms with E-state index in [1.807, 2.05) is 12.1 Å². The third kappa shape index (κ3) is 3.09. The minimum absolute atomic E-state index is 0.394. The third-order valence-corrected chi connectivity index (χ3v) is 2.99. The number of benzene rings is 2. The molecule has 0 aliphatic carbocycles. The Morgan fingerprint density at radius 1 is 1.17 bits per heavy atom. The van der Waals surface area contributed by atoms with Gasteiger partial charge in [-0.1, -0.05) is 15.9 Å². The van der Waals surface area contributed by atoms with Crippen molar-refractivity contribution in [1.82, 2.24) is 0 Å². The molecule has 0 bridgehead atoms. The molecule has 0 fully saturated rings. The van der Waals surface area contributed by atoms with Gasteiger partial charge in [0.25, 0.3) is 0 Å². The topological polar surface area (TPSA) is 29.5 Å². The predicted molar refractivity (Wildman–Crippen MR) is 71.2 cm³/mol. The molecule has 0 aliphatic heterocycles. The number of ether oxygens (including phenoxy) is 1. The van der Waals surface area contributed by atoms with E-state index >= 15 is 0 Å². The fourth-order valence-electron chi connectivity index (χ4n) is 1.57. The summed E-state index contributed by atoms with van der Waals surface area (Å²) in [6, 6.07) is 11.4. The first-order valence-corrected chi connectivity index (χ1v) is 6.26. The zero-order valence-corrected chi connectivity index (χ0v) is 11.3. The second-order valence-electron chi connectivity index (χ2n) is 3.91. The number of hydrogen-bond donors (Lipinski definition) is 1. The van der Waals surface area contributed by atoms with Crippen molar-refractivity contribution in [1.29, 1.82) is 0 Å². The zero-order valence-electron chi connectivity index (χ0n) is 9.73. The third-order valence-electron chi connectivity index (χ3n) is 2.46. The Bertz CT molecular complexity index is 538. The molecule has 0 radical (unpaired) electrons. The predicted octanol–water partition coefficient (Wildman–Crippen LogP) is 4.43. The molecule has 0 aliphatic rings. The van der Waals surface area contributed by atoms with E-state index in [2.05, 4.69) is 15.9 Å². The number of halogens is 2. The van der Waals surface area contributed by atoms with E-state index in [9.17, 15) is 9.50 Å². The minimum Gasteiger partial charge on any atom is -0.457 e. The Labute approximate surface area is 113 Å². The van der Waals surface area contributed by atoms with Gasteiger partial charge in [-0.3, -0.25) is 0 Å². The normalized spacial score (nSPS) is 12.2. The summed E-state index contributed by atoms with van der Waals surface area (Å²) in [5, 5.41) is 9.60. The second kappa shape index (κ2) is 5.50. The van der Waals surface area contributed by atoms with Crippen LogP contribution in [-0.4, -0.2) is 5.11 Å². The lowest BCUT2D eigenvalue weighted by atomic mass is 10.1. The van der Waals surface area contributed by atoms with Crippen LogP contribution in [0.15, 0.2) is 46.9 Å². The van der Waals surface area contributed by atoms with Crippen LogP contribution < -0.4 is 4.74 Å². The van der Waals surface area contributed by atoms with Crippen LogP contribution >= 0.6 is 15.9 Å². The van der Waals surface area contributed by atoms with Gasteiger partial charge in [-0.25, -0.2) is 4.39 Å². The highest BCUT2D eigenvalue weighted by Crippen LogP contribution is 2.30. The SMILES string of the molecule is C[C@H](O)c1cc(F)ccc1Oc1ccc(Br)cc1. The number of rotatable bonds is 3. The van der Waals surface area contributed by atoms with Crippen molar-refractivity contribution < 1.29 is 14.2 Å². The van der Waals surface area contributed by atoms with Gasteiger partial charge in [-0.15, -0.1) is 0 Å². The standard InChI is InChI=1S/C14H12BrFO2/c1-9(17)13-8-11(16)4-7-14(13)18-12-5-2-10(15)3-6-12/h2-9,17H,1H3/t9-/m0/s1. The smallest absolute Gasteiger partial charge is 0.133 e. The van der Waals surface area contributed by atoms with Crippen LogP contribution in [0.2, 0.25) is 0 Å². The molecule has 0 aromatic heterocycles. The van der Waals surface area contributed by atoms with Crippen LogP contribution in [0, 0.1) is 5.82 Å². The van der Waals surface area contributed by atoms with Crippen LogP contribution in [0.5, 0.6) is 11.5 Å². The maximum absolute atomic E-state index is 13.1. The first-order chi connectivity index (χ1) is 8.56. The molecule has 4 heteroatoms. The molecule has 0 saturated carbocycles. The van der Waals surface area contributed by atoms with Gasteiger partial charge in [-0.05, 0) is 49.4 Å². The van der Waals surface area contributed by atoms with Crippen molar-refractivity contribution in [3.63, 3.8) is 0 Å². The van der Waals surface area contributed by atoms with E-state index in [-0.39, 0.29) is 0 Å². The van der Waals surface area contributed by atoms with E-state index < -0.39 is 11.9 Å². The molecule has 0 heterocycles. The van der Waals surface area contributed by atoms with Crippen molar-refractivity contribution >= 4 is 15.9 Å². The summed E-state index contributed by atoms with van der Waals surface area (Å²) >= 11 is 3.33. The van der Waals surface area contributed by atoms with Gasteiger partial charge < -0.3 is 9.84 Å². The van der Waals surface area contributed by atoms with Crippen LogP contribution in [0.1, 0.15) is 18.6 Å². The average molecular weight is 311 g/mol. The molecule has 2 rings (SSSR count). The van der Waals surface area contributed by atoms with Gasteiger partial charge in [0.15, 0.2) is 0 Å². The van der Waals surface area contributed by atoms with Gasteiger partial charge in [-0.2, -0.15) is 0 Å². The van der Waals surface area contributed by atoms with Gasteiger partial charge in [0, 0.05) is 10.0 Å². The van der Waals surface area contributed by atoms with Gasteiger partial charge in [0.2, 0.25) is 0 Å². The van der Waals surface area contributed by atoms with Crippen molar-refractivity contribution in [2.75, 3.05) is 0 Å². The Balaban J connectivity index is 2.31. The van der Waals surface area contributed by atoms with Crippen LogP contribution in [-0.2, 0) is 0 Å². The molecular formula is C14H12BrFO2. The summed E-state index contributed by atoms with van der Waals surface area (Å²) in [6.07, 6.45) is -0.786. The van der Waals surface area contributed by atoms with E-state index in [0.717, 1.165) is 4.47 Å². The lowest BCUT2D eigenvalue weighted by molar-refractivity contribution is 0.195. The highest BCUT2D eigenvalue weighted by atomic mass is 79.9. The molecule has 2 aromatic rings. The summed E-state index contributed by atoms with van der Waals surface area (Å²) < 4.78 is 19.7. The molecular weight excluding hydrogens is 299 g/mol. The summed E-state index contributed by atoms with van der Waals surface area (Å²) in [4.78, 5) is 0. The van der Waals surface area contributed by atoms with E-state index in [1.165, 1.54) is 18.2 Å². The number of aliphatic hydroxyl groups is 1. The van der Waals surface area contributed by atoms with Crippen LogP contribution in [0.3, 0.4) is 0 Å². The number of hydrogen-bond acceptors (Lipinski definition) is 2.